The second kappa shape index (κ2) is 10.4. The molecule has 0 aliphatic rings. The highest BCUT2D eigenvalue weighted by atomic mass is 16.6. The van der Waals surface area contributed by atoms with Crippen LogP contribution in [0, 0.1) is 0 Å². The van der Waals surface area contributed by atoms with Gasteiger partial charge in [-0.25, -0.2) is 4.79 Å². The molecule has 0 aliphatic carbocycles. The van der Waals surface area contributed by atoms with Crippen LogP contribution in [0.15, 0.2) is 48.5 Å². The Balaban J connectivity index is 1.94. The van der Waals surface area contributed by atoms with Gasteiger partial charge in [0, 0.05) is 11.3 Å². The minimum atomic E-state index is -0.696. The van der Waals surface area contributed by atoms with Gasteiger partial charge in [-0.3, -0.25) is 4.79 Å². The van der Waals surface area contributed by atoms with E-state index in [1.807, 2.05) is 38.1 Å². The summed E-state index contributed by atoms with van der Waals surface area (Å²) in [5, 5.41) is 2.93. The molecule has 27 heavy (non-hydrogen) atoms. The largest absolute Gasteiger partial charge is 0.479 e. The number of hydrogen-bond acceptors (Lipinski definition) is 4. The Hall–Kier alpha value is -2.82. The first-order valence-corrected chi connectivity index (χ1v) is 9.37. The van der Waals surface area contributed by atoms with E-state index in [1.54, 1.807) is 31.2 Å². The van der Waals surface area contributed by atoms with E-state index in [0.29, 0.717) is 17.9 Å². The van der Waals surface area contributed by atoms with Crippen molar-refractivity contribution in [3.05, 3.63) is 59.7 Å². The van der Waals surface area contributed by atoms with Crippen LogP contribution < -0.4 is 10.1 Å². The van der Waals surface area contributed by atoms with Crippen LogP contribution in [0.1, 0.15) is 49.5 Å². The van der Waals surface area contributed by atoms with Crippen LogP contribution in [0.4, 0.5) is 5.69 Å². The average molecular weight is 369 g/mol. The lowest BCUT2D eigenvalue weighted by molar-refractivity contribution is -0.151. The van der Waals surface area contributed by atoms with E-state index in [-0.39, 0.29) is 11.9 Å². The number of hydrogen-bond donors (Lipinski definition) is 1. The Morgan fingerprint density at radius 3 is 2.41 bits per heavy atom. The maximum atomic E-state index is 12.4. The molecule has 1 amide bonds. The van der Waals surface area contributed by atoms with Gasteiger partial charge in [0.1, 0.15) is 5.75 Å². The van der Waals surface area contributed by atoms with Gasteiger partial charge in [-0.15, -0.1) is 0 Å². The van der Waals surface area contributed by atoms with Crippen LogP contribution in [-0.2, 0) is 16.0 Å². The maximum Gasteiger partial charge on any atom is 0.347 e. The number of ether oxygens (including phenoxy) is 2. The summed E-state index contributed by atoms with van der Waals surface area (Å²) < 4.78 is 10.7. The molecule has 0 aromatic heterocycles. The number of esters is 1. The van der Waals surface area contributed by atoms with Crippen molar-refractivity contribution < 1.29 is 19.1 Å². The highest BCUT2D eigenvalue weighted by Crippen LogP contribution is 2.18. The maximum absolute atomic E-state index is 12.4. The smallest absolute Gasteiger partial charge is 0.347 e. The minimum Gasteiger partial charge on any atom is -0.479 e. The summed E-state index contributed by atoms with van der Waals surface area (Å²) in [6.07, 6.45) is 1.95. The lowest BCUT2D eigenvalue weighted by Crippen LogP contribution is -2.26. The molecule has 0 radical (unpaired) electrons. The van der Waals surface area contributed by atoms with Gasteiger partial charge >= 0.3 is 5.97 Å². The molecule has 1 unspecified atom stereocenters. The first kappa shape index (κ1) is 20.5. The number of aryl methyl sites for hydroxylation is 1. The zero-order valence-corrected chi connectivity index (χ0v) is 16.2. The molecule has 0 heterocycles. The number of benzene rings is 2. The molecule has 1 N–H and O–H groups in total. The standard InChI is InChI=1S/C22H27NO4/c1-4-6-15-26-22(25)16(3)27-19-13-11-18(12-14-19)21(24)23-20-10-8-7-9-17(20)5-2/h7-14,16H,4-6,15H2,1-3H3,(H,23,24). The fourth-order valence-electron chi connectivity index (χ4n) is 2.52. The Bertz CT molecular complexity index is 755. The Labute approximate surface area is 160 Å². The van der Waals surface area contributed by atoms with E-state index < -0.39 is 6.10 Å². The van der Waals surface area contributed by atoms with Crippen LogP contribution in [-0.4, -0.2) is 24.6 Å². The fourth-order valence-corrected chi connectivity index (χ4v) is 2.52. The summed E-state index contributed by atoms with van der Waals surface area (Å²) >= 11 is 0. The first-order valence-electron chi connectivity index (χ1n) is 9.37. The van der Waals surface area contributed by atoms with E-state index >= 15 is 0 Å². The summed E-state index contributed by atoms with van der Waals surface area (Å²) in [5.74, 6) is -0.0589. The molecule has 2 aromatic rings. The van der Waals surface area contributed by atoms with E-state index in [1.165, 1.54) is 0 Å². The van der Waals surface area contributed by atoms with Crippen molar-refractivity contribution in [2.45, 2.75) is 46.1 Å². The molecule has 144 valence electrons. The number of unbranched alkanes of at least 4 members (excludes halogenated alkanes) is 1. The number of rotatable bonds is 9. The number of carbonyl (C=O) groups is 2. The predicted molar refractivity (Wildman–Crippen MR) is 106 cm³/mol. The molecule has 0 bridgehead atoms. The van der Waals surface area contributed by atoms with Crippen LogP contribution in [0.2, 0.25) is 0 Å². The molecule has 0 aliphatic heterocycles. The van der Waals surface area contributed by atoms with E-state index in [4.69, 9.17) is 9.47 Å². The van der Waals surface area contributed by atoms with E-state index in [2.05, 4.69) is 5.32 Å². The highest BCUT2D eigenvalue weighted by Gasteiger charge is 2.16. The molecule has 2 aromatic carbocycles. The quantitative estimate of drug-likeness (QED) is 0.518. The van der Waals surface area contributed by atoms with Crippen LogP contribution in [0.3, 0.4) is 0 Å². The number of anilines is 1. The third-order valence-corrected chi connectivity index (χ3v) is 4.15. The van der Waals surface area contributed by atoms with Gasteiger partial charge in [0.05, 0.1) is 6.61 Å². The Kier molecular flexibility index (Phi) is 7.86. The number of carbonyl (C=O) groups excluding carboxylic acids is 2. The molecule has 0 saturated carbocycles. The fraction of sp³-hybridized carbons (Fsp3) is 0.364. The van der Waals surface area contributed by atoms with Crippen molar-refractivity contribution in [3.63, 3.8) is 0 Å². The third kappa shape index (κ3) is 6.13. The second-order valence-corrected chi connectivity index (χ2v) is 6.27. The van der Waals surface area contributed by atoms with Crippen LogP contribution in [0.5, 0.6) is 5.75 Å². The van der Waals surface area contributed by atoms with Gasteiger partial charge in [0.15, 0.2) is 6.10 Å². The summed E-state index contributed by atoms with van der Waals surface area (Å²) in [7, 11) is 0. The van der Waals surface area contributed by atoms with Crippen molar-refractivity contribution in [2.75, 3.05) is 11.9 Å². The van der Waals surface area contributed by atoms with Crippen molar-refractivity contribution in [1.82, 2.24) is 0 Å². The molecule has 0 spiro atoms. The van der Waals surface area contributed by atoms with Crippen molar-refractivity contribution >= 4 is 17.6 Å². The highest BCUT2D eigenvalue weighted by molar-refractivity contribution is 6.04. The molecule has 1 atom stereocenters. The lowest BCUT2D eigenvalue weighted by atomic mass is 10.1. The van der Waals surface area contributed by atoms with Gasteiger partial charge < -0.3 is 14.8 Å². The van der Waals surface area contributed by atoms with Gasteiger partial charge in [0.25, 0.3) is 5.91 Å². The summed E-state index contributed by atoms with van der Waals surface area (Å²) in [4.78, 5) is 24.3. The number of para-hydroxylation sites is 1. The lowest BCUT2D eigenvalue weighted by Gasteiger charge is -2.14. The zero-order valence-electron chi connectivity index (χ0n) is 16.2. The van der Waals surface area contributed by atoms with Crippen LogP contribution >= 0.6 is 0 Å². The molecular weight excluding hydrogens is 342 g/mol. The SMILES string of the molecule is CCCCOC(=O)C(C)Oc1ccc(C(=O)Nc2ccccc2CC)cc1. The van der Waals surface area contributed by atoms with E-state index in [0.717, 1.165) is 30.5 Å². The third-order valence-electron chi connectivity index (χ3n) is 4.15. The molecule has 0 fully saturated rings. The molecule has 5 nitrogen and oxygen atoms in total. The minimum absolute atomic E-state index is 0.186. The molecule has 5 heteroatoms. The van der Waals surface area contributed by atoms with Gasteiger partial charge in [-0.1, -0.05) is 38.5 Å². The summed E-state index contributed by atoms with van der Waals surface area (Å²) in [6.45, 7) is 6.13. The first-order chi connectivity index (χ1) is 13.0. The topological polar surface area (TPSA) is 64.6 Å². The molecular formula is C22H27NO4. The van der Waals surface area contributed by atoms with E-state index in [9.17, 15) is 9.59 Å². The molecule has 0 saturated heterocycles. The molecule has 2 rings (SSSR count). The zero-order chi connectivity index (χ0) is 19.6. The van der Waals surface area contributed by atoms with Crippen molar-refractivity contribution in [3.8, 4) is 5.75 Å². The van der Waals surface area contributed by atoms with Gasteiger partial charge in [-0.2, -0.15) is 0 Å². The monoisotopic (exact) mass is 369 g/mol. The summed E-state index contributed by atoms with van der Waals surface area (Å²) in [5.41, 5.74) is 2.42. The average Bonchev–Trinajstić information content (AvgIpc) is 2.69. The predicted octanol–water partition coefficient (Wildman–Crippen LogP) is 4.61. The van der Waals surface area contributed by atoms with Gasteiger partial charge in [0.2, 0.25) is 0 Å². The van der Waals surface area contributed by atoms with Crippen molar-refractivity contribution in [2.24, 2.45) is 0 Å². The summed E-state index contributed by atoms with van der Waals surface area (Å²) in [6, 6.07) is 14.4. The van der Waals surface area contributed by atoms with Crippen LogP contribution in [0.25, 0.3) is 0 Å². The Morgan fingerprint density at radius 2 is 1.74 bits per heavy atom. The normalized spacial score (nSPS) is 11.5. The Morgan fingerprint density at radius 1 is 1.04 bits per heavy atom. The van der Waals surface area contributed by atoms with Gasteiger partial charge in [-0.05, 0) is 55.7 Å². The second-order valence-electron chi connectivity index (χ2n) is 6.27. The van der Waals surface area contributed by atoms with Crippen molar-refractivity contribution in [1.29, 1.82) is 0 Å². The number of nitrogens with one attached hydrogen (secondary N) is 1. The number of amides is 1.